The molecule has 1 aromatic carbocycles. The van der Waals surface area contributed by atoms with E-state index < -0.39 is 0 Å². The van der Waals surface area contributed by atoms with Gasteiger partial charge in [0.15, 0.2) is 0 Å². The Bertz CT molecular complexity index is 396. The van der Waals surface area contributed by atoms with Crippen molar-refractivity contribution in [1.29, 1.82) is 5.26 Å². The first-order valence-electron chi connectivity index (χ1n) is 6.67. The molecule has 0 aliphatic heterocycles. The molecule has 0 heterocycles. The molecule has 4 nitrogen and oxygen atoms in total. The smallest absolute Gasteiger partial charge is 0.119 e. The molecule has 0 bridgehead atoms. The maximum atomic E-state index is 8.98. The zero-order valence-corrected chi connectivity index (χ0v) is 11.8. The van der Waals surface area contributed by atoms with Gasteiger partial charge in [0, 0.05) is 12.5 Å². The fraction of sp³-hybridized carbons (Fsp3) is 0.533. The second-order valence-corrected chi connectivity index (χ2v) is 4.54. The summed E-state index contributed by atoms with van der Waals surface area (Å²) >= 11 is 0. The third-order valence-corrected chi connectivity index (χ3v) is 2.50. The lowest BCUT2D eigenvalue weighted by Crippen LogP contribution is -2.34. The van der Waals surface area contributed by atoms with Crippen LogP contribution in [0.1, 0.15) is 27.2 Å². The number of nitrogens with zero attached hydrogens (tertiary/aromatic N) is 1. The van der Waals surface area contributed by atoms with E-state index in [9.17, 15) is 0 Å². The van der Waals surface area contributed by atoms with E-state index in [1.165, 1.54) is 0 Å². The third-order valence-electron chi connectivity index (χ3n) is 2.50. The normalized spacial score (nSPS) is 11.9. The summed E-state index contributed by atoms with van der Waals surface area (Å²) in [5.41, 5.74) is 0. The summed E-state index contributed by atoms with van der Waals surface area (Å²) in [4.78, 5) is 0. The van der Waals surface area contributed by atoms with Gasteiger partial charge in [0.25, 0.3) is 0 Å². The summed E-state index contributed by atoms with van der Waals surface area (Å²) in [6.07, 6.45) is 0.669. The topological polar surface area (TPSA) is 54.3 Å². The predicted molar refractivity (Wildman–Crippen MR) is 75.4 cm³/mol. The average Bonchev–Trinajstić information content (AvgIpc) is 2.39. The molecule has 1 aromatic rings. The molecule has 0 spiro atoms. The van der Waals surface area contributed by atoms with Crippen LogP contribution in [0, 0.1) is 11.3 Å². The molecule has 1 rings (SSSR count). The van der Waals surface area contributed by atoms with Crippen LogP contribution in [0.4, 0.5) is 0 Å². The quantitative estimate of drug-likeness (QED) is 0.782. The fourth-order valence-electron chi connectivity index (χ4n) is 1.68. The maximum absolute atomic E-state index is 8.98. The molecule has 0 fully saturated rings. The summed E-state index contributed by atoms with van der Waals surface area (Å²) in [5, 5.41) is 12.2. The Hall–Kier alpha value is -1.73. The van der Waals surface area contributed by atoms with Crippen molar-refractivity contribution in [2.45, 2.75) is 39.3 Å². The van der Waals surface area contributed by atoms with Gasteiger partial charge in [-0.3, -0.25) is 5.32 Å². The first-order chi connectivity index (χ1) is 9.15. The molecule has 4 heteroatoms. The Balaban J connectivity index is 2.34. The standard InChI is InChI=1S/C15H22N2O2/c1-4-18-14-5-7-15(8-6-14)19-10-9-13(11-16)17-12(2)3/h5-8,12-13,17H,4,9-10H2,1-3H3. The molecule has 104 valence electrons. The molecular weight excluding hydrogens is 240 g/mol. The lowest BCUT2D eigenvalue weighted by atomic mass is 10.2. The first-order valence-corrected chi connectivity index (χ1v) is 6.67. The van der Waals surface area contributed by atoms with Crippen LogP contribution in [-0.4, -0.2) is 25.3 Å². The van der Waals surface area contributed by atoms with Gasteiger partial charge in [-0.15, -0.1) is 0 Å². The van der Waals surface area contributed by atoms with Gasteiger partial charge < -0.3 is 9.47 Å². The highest BCUT2D eigenvalue weighted by molar-refractivity contribution is 5.31. The van der Waals surface area contributed by atoms with Gasteiger partial charge in [0.1, 0.15) is 11.5 Å². The Kier molecular flexibility index (Phi) is 6.76. The number of nitriles is 1. The van der Waals surface area contributed by atoms with Crippen molar-refractivity contribution in [2.75, 3.05) is 13.2 Å². The Morgan fingerprint density at radius 3 is 2.21 bits per heavy atom. The van der Waals surface area contributed by atoms with Crippen LogP contribution >= 0.6 is 0 Å². The number of rotatable bonds is 8. The number of ether oxygens (including phenoxy) is 2. The Labute approximate surface area is 115 Å². The van der Waals surface area contributed by atoms with Gasteiger partial charge in [0.2, 0.25) is 0 Å². The van der Waals surface area contributed by atoms with Crippen molar-refractivity contribution in [3.8, 4) is 17.6 Å². The molecule has 19 heavy (non-hydrogen) atoms. The van der Waals surface area contributed by atoms with E-state index >= 15 is 0 Å². The highest BCUT2D eigenvalue weighted by atomic mass is 16.5. The molecular formula is C15H22N2O2. The summed E-state index contributed by atoms with van der Waals surface area (Å²) in [7, 11) is 0. The summed E-state index contributed by atoms with van der Waals surface area (Å²) in [6.45, 7) is 7.18. The van der Waals surface area contributed by atoms with Crippen LogP contribution in [0.15, 0.2) is 24.3 Å². The highest BCUT2D eigenvalue weighted by Gasteiger charge is 2.08. The number of hydrogen-bond acceptors (Lipinski definition) is 4. The second-order valence-electron chi connectivity index (χ2n) is 4.54. The van der Waals surface area contributed by atoms with Crippen LogP contribution in [-0.2, 0) is 0 Å². The van der Waals surface area contributed by atoms with Crippen molar-refractivity contribution in [2.24, 2.45) is 0 Å². The summed E-state index contributed by atoms with van der Waals surface area (Å²) in [5.74, 6) is 1.64. The minimum atomic E-state index is -0.164. The molecule has 1 N–H and O–H groups in total. The lowest BCUT2D eigenvalue weighted by Gasteiger charge is -2.14. The first kappa shape index (κ1) is 15.3. The fourth-order valence-corrected chi connectivity index (χ4v) is 1.68. The average molecular weight is 262 g/mol. The highest BCUT2D eigenvalue weighted by Crippen LogP contribution is 2.17. The zero-order valence-electron chi connectivity index (χ0n) is 11.8. The van der Waals surface area contributed by atoms with Gasteiger partial charge in [-0.25, -0.2) is 0 Å². The summed E-state index contributed by atoms with van der Waals surface area (Å²) in [6, 6.07) is 9.89. The van der Waals surface area contributed by atoms with Crippen LogP contribution in [0.2, 0.25) is 0 Å². The number of hydrogen-bond donors (Lipinski definition) is 1. The van der Waals surface area contributed by atoms with E-state index in [2.05, 4.69) is 11.4 Å². The molecule has 0 saturated heterocycles. The predicted octanol–water partition coefficient (Wildman–Crippen LogP) is 2.74. The minimum absolute atomic E-state index is 0.164. The molecule has 0 amide bonds. The van der Waals surface area contributed by atoms with Crippen molar-refractivity contribution in [3.05, 3.63) is 24.3 Å². The molecule has 0 aromatic heterocycles. The summed E-state index contributed by atoms with van der Waals surface area (Å²) < 4.78 is 11.0. The van der Waals surface area contributed by atoms with Crippen molar-refractivity contribution < 1.29 is 9.47 Å². The number of benzene rings is 1. The SMILES string of the molecule is CCOc1ccc(OCCC(C#N)NC(C)C)cc1. The van der Waals surface area contributed by atoms with Gasteiger partial charge in [-0.2, -0.15) is 5.26 Å². The Morgan fingerprint density at radius 1 is 1.16 bits per heavy atom. The monoisotopic (exact) mass is 262 g/mol. The molecule has 0 aliphatic carbocycles. The van der Waals surface area contributed by atoms with Gasteiger partial charge in [-0.05, 0) is 45.0 Å². The van der Waals surface area contributed by atoms with E-state index in [4.69, 9.17) is 14.7 Å². The van der Waals surface area contributed by atoms with E-state index in [0.29, 0.717) is 25.7 Å². The molecule has 0 saturated carbocycles. The van der Waals surface area contributed by atoms with Crippen LogP contribution in [0.5, 0.6) is 11.5 Å². The van der Waals surface area contributed by atoms with Crippen LogP contribution in [0.3, 0.4) is 0 Å². The largest absolute Gasteiger partial charge is 0.494 e. The molecule has 1 unspecified atom stereocenters. The van der Waals surface area contributed by atoms with Crippen molar-refractivity contribution in [3.63, 3.8) is 0 Å². The minimum Gasteiger partial charge on any atom is -0.494 e. The van der Waals surface area contributed by atoms with Gasteiger partial charge in [-0.1, -0.05) is 0 Å². The van der Waals surface area contributed by atoms with Crippen LogP contribution in [0.25, 0.3) is 0 Å². The molecule has 1 atom stereocenters. The van der Waals surface area contributed by atoms with Gasteiger partial charge >= 0.3 is 0 Å². The van der Waals surface area contributed by atoms with Crippen molar-refractivity contribution in [1.82, 2.24) is 5.32 Å². The van der Waals surface area contributed by atoms with Crippen molar-refractivity contribution >= 4 is 0 Å². The van der Waals surface area contributed by atoms with Crippen LogP contribution < -0.4 is 14.8 Å². The molecule has 0 radical (unpaired) electrons. The number of nitrogens with one attached hydrogen (secondary N) is 1. The van der Waals surface area contributed by atoms with E-state index in [1.54, 1.807) is 0 Å². The zero-order chi connectivity index (χ0) is 14.1. The Morgan fingerprint density at radius 2 is 1.74 bits per heavy atom. The molecule has 0 aliphatic rings. The van der Waals surface area contributed by atoms with E-state index in [0.717, 1.165) is 11.5 Å². The lowest BCUT2D eigenvalue weighted by molar-refractivity contribution is 0.293. The maximum Gasteiger partial charge on any atom is 0.119 e. The second kappa shape index (κ2) is 8.39. The van der Waals surface area contributed by atoms with E-state index in [1.807, 2.05) is 45.0 Å². The third kappa shape index (κ3) is 6.12. The van der Waals surface area contributed by atoms with E-state index in [-0.39, 0.29) is 6.04 Å². The van der Waals surface area contributed by atoms with Gasteiger partial charge in [0.05, 0.1) is 25.3 Å².